The fourth-order valence-electron chi connectivity index (χ4n) is 10.0. The largest absolute Gasteiger partial charge is 0.368 e. The lowest BCUT2D eigenvalue weighted by atomic mass is 9.96. The number of anilines is 2. The van der Waals surface area contributed by atoms with Gasteiger partial charge in [-0.2, -0.15) is 0 Å². The van der Waals surface area contributed by atoms with Gasteiger partial charge in [-0.3, -0.25) is 39.1 Å². The number of imide groups is 2. The number of hydrogen-bond donors (Lipinski definition) is 1. The van der Waals surface area contributed by atoms with Gasteiger partial charge in [0, 0.05) is 68.4 Å². The smallest absolute Gasteiger partial charge is 0.264 e. The molecule has 5 aliphatic rings. The number of piperidine rings is 3. The average molecular weight is 817 g/mol. The van der Waals surface area contributed by atoms with Crippen molar-refractivity contribution in [3.05, 3.63) is 94.6 Å². The number of carbonyl (C=O) groups excluding carboxylic acids is 5. The number of nitrogens with one attached hydrogen (secondary N) is 1. The second-order valence-corrected chi connectivity index (χ2v) is 16.5. The highest BCUT2D eigenvalue weighted by Crippen LogP contribution is 2.42. The Morgan fingerprint density at radius 2 is 1.58 bits per heavy atom. The van der Waals surface area contributed by atoms with Crippen molar-refractivity contribution in [2.45, 2.75) is 83.0 Å². The van der Waals surface area contributed by atoms with E-state index in [-0.39, 0.29) is 42.8 Å². The summed E-state index contributed by atoms with van der Waals surface area (Å²) in [5.41, 5.74) is 5.75. The third-order valence-electron chi connectivity index (χ3n) is 13.0. The Hall–Kier alpha value is -6.29. The molecule has 0 aliphatic carbocycles. The number of benzene rings is 3. The van der Waals surface area contributed by atoms with Gasteiger partial charge in [-0.1, -0.05) is 17.3 Å². The normalized spacial score (nSPS) is 21.9. The Bertz CT molecular complexity index is 2620. The number of likely N-dealkylation sites (tertiary alicyclic amines) is 1. The van der Waals surface area contributed by atoms with Crippen molar-refractivity contribution in [2.75, 3.05) is 36.0 Å². The number of fused-ring (bicyclic) bond motifs is 2. The number of imidazole rings is 1. The second-order valence-electron chi connectivity index (χ2n) is 16.5. The standard InChI is InChI=1S/C44H42F2N8O6/c1-23-39(24(2)60-49-23)25-9-12-33-32(19-25)47-41(35-7-4-8-38(56)52(35)27-10-11-30(45)31(46)20-27)53(33)26-15-17-50(18-16-26)28-21-51(22-28)34-6-3-5-29-40(34)44(59)54(43(29)58)36-13-14-37(55)48-42(36)57/h3,5-6,9-12,19-20,26,28,35-36H,4,7-8,13-18,21-22H2,1-2H3,(H,48,55,57)/t35-,36?/m0/s1. The molecule has 0 bridgehead atoms. The first-order valence-corrected chi connectivity index (χ1v) is 20.5. The van der Waals surface area contributed by atoms with Crippen LogP contribution in [-0.4, -0.2) is 92.3 Å². The summed E-state index contributed by atoms with van der Waals surface area (Å²) >= 11 is 0. The maximum atomic E-state index is 14.6. The van der Waals surface area contributed by atoms with Gasteiger partial charge in [-0.15, -0.1) is 0 Å². The van der Waals surface area contributed by atoms with Gasteiger partial charge in [0.2, 0.25) is 17.7 Å². The van der Waals surface area contributed by atoms with Crippen LogP contribution in [0.3, 0.4) is 0 Å². The summed E-state index contributed by atoms with van der Waals surface area (Å²) in [6.45, 7) is 6.63. The Morgan fingerprint density at radius 1 is 0.783 bits per heavy atom. The summed E-state index contributed by atoms with van der Waals surface area (Å²) < 4.78 is 36.4. The lowest BCUT2D eigenvalue weighted by Crippen LogP contribution is -2.61. The molecule has 3 aromatic carbocycles. The van der Waals surface area contributed by atoms with E-state index in [0.717, 1.165) is 70.8 Å². The lowest BCUT2D eigenvalue weighted by Gasteiger charge is -2.49. The van der Waals surface area contributed by atoms with Crippen LogP contribution in [0.5, 0.6) is 0 Å². The van der Waals surface area contributed by atoms with Crippen LogP contribution >= 0.6 is 0 Å². The van der Waals surface area contributed by atoms with Crippen molar-refractivity contribution in [3.63, 3.8) is 0 Å². The summed E-state index contributed by atoms with van der Waals surface area (Å²) in [6.07, 6.45) is 3.26. The number of aromatic nitrogens is 3. The number of amides is 5. The molecule has 1 N–H and O–H groups in total. The topological polar surface area (TPSA) is 154 Å². The van der Waals surface area contributed by atoms with Gasteiger partial charge in [0.05, 0.1) is 39.6 Å². The quantitative estimate of drug-likeness (QED) is 0.200. The van der Waals surface area contributed by atoms with Crippen LogP contribution < -0.4 is 15.1 Å². The van der Waals surface area contributed by atoms with Gasteiger partial charge in [-0.05, 0) is 87.9 Å². The number of aryl methyl sites for hydroxylation is 2. The Morgan fingerprint density at radius 3 is 2.32 bits per heavy atom. The maximum Gasteiger partial charge on any atom is 0.264 e. The lowest BCUT2D eigenvalue weighted by molar-refractivity contribution is -0.136. The Kier molecular flexibility index (Phi) is 9.15. The van der Waals surface area contributed by atoms with Gasteiger partial charge in [0.1, 0.15) is 17.6 Å². The van der Waals surface area contributed by atoms with Crippen molar-refractivity contribution in [3.8, 4) is 11.1 Å². The summed E-state index contributed by atoms with van der Waals surface area (Å²) in [7, 11) is 0. The number of hydrogen-bond acceptors (Lipinski definition) is 10. The number of rotatable bonds is 7. The summed E-state index contributed by atoms with van der Waals surface area (Å²) in [5.74, 6) is -2.87. The fraction of sp³-hybridized carbons (Fsp3) is 0.386. The van der Waals surface area contributed by atoms with Crippen LogP contribution in [0, 0.1) is 25.5 Å². The van der Waals surface area contributed by atoms with E-state index in [4.69, 9.17) is 9.51 Å². The first-order chi connectivity index (χ1) is 29.0. The van der Waals surface area contributed by atoms with Gasteiger partial charge < -0.3 is 18.9 Å². The van der Waals surface area contributed by atoms with E-state index in [0.29, 0.717) is 54.5 Å². The van der Waals surface area contributed by atoms with E-state index in [1.807, 2.05) is 32.0 Å². The molecule has 0 radical (unpaired) electrons. The van der Waals surface area contributed by atoms with E-state index in [1.165, 1.54) is 6.07 Å². The summed E-state index contributed by atoms with van der Waals surface area (Å²) in [4.78, 5) is 77.6. The van der Waals surface area contributed by atoms with E-state index < -0.39 is 47.3 Å². The van der Waals surface area contributed by atoms with Crippen LogP contribution in [0.25, 0.3) is 22.2 Å². The van der Waals surface area contributed by atoms with Crippen LogP contribution in [0.15, 0.2) is 59.1 Å². The Balaban J connectivity index is 0.905. The number of halogens is 2. The molecular weight excluding hydrogens is 775 g/mol. The predicted molar refractivity (Wildman–Crippen MR) is 214 cm³/mol. The minimum Gasteiger partial charge on any atom is -0.368 e. The van der Waals surface area contributed by atoms with E-state index in [9.17, 15) is 32.8 Å². The highest BCUT2D eigenvalue weighted by molar-refractivity contribution is 6.25. The van der Waals surface area contributed by atoms with Crippen molar-refractivity contribution in [2.24, 2.45) is 0 Å². The molecule has 4 saturated heterocycles. The molecule has 14 nitrogen and oxygen atoms in total. The van der Waals surface area contributed by atoms with Gasteiger partial charge in [-0.25, -0.2) is 13.8 Å². The first-order valence-electron chi connectivity index (χ1n) is 20.5. The predicted octanol–water partition coefficient (Wildman–Crippen LogP) is 5.77. The molecule has 16 heteroatoms. The maximum absolute atomic E-state index is 14.6. The minimum absolute atomic E-state index is 0.0328. The minimum atomic E-state index is -1.03. The van der Waals surface area contributed by atoms with Crippen LogP contribution in [-0.2, 0) is 14.4 Å². The molecule has 4 fully saturated rings. The molecule has 2 aromatic heterocycles. The zero-order chi connectivity index (χ0) is 41.6. The Labute approximate surface area is 343 Å². The summed E-state index contributed by atoms with van der Waals surface area (Å²) in [5, 5.41) is 6.40. The molecule has 10 rings (SSSR count). The highest BCUT2D eigenvalue weighted by Gasteiger charge is 2.47. The molecule has 0 spiro atoms. The van der Waals surface area contributed by atoms with Gasteiger partial charge >= 0.3 is 0 Å². The van der Waals surface area contributed by atoms with Crippen LogP contribution in [0.1, 0.15) is 95.0 Å². The SMILES string of the molecule is Cc1noc(C)c1-c1ccc2c(c1)nc([C@@H]1CCCC(=O)N1c1ccc(F)c(F)c1)n2C1CCN(C2CN(c3cccc4c3C(=O)N(C3CCC(=O)NC3=O)C4=O)C2)CC1. The fourth-order valence-corrected chi connectivity index (χ4v) is 10.0. The van der Waals surface area contributed by atoms with Gasteiger partial charge in [0.25, 0.3) is 11.8 Å². The van der Waals surface area contributed by atoms with E-state index in [2.05, 4.69) is 30.9 Å². The molecule has 5 aromatic rings. The van der Waals surface area contributed by atoms with Crippen molar-refractivity contribution in [1.29, 1.82) is 0 Å². The number of carbonyl (C=O) groups is 5. The average Bonchev–Trinajstić information content (AvgIpc) is 3.85. The highest BCUT2D eigenvalue weighted by atomic mass is 19.2. The molecule has 0 saturated carbocycles. The molecule has 7 heterocycles. The van der Waals surface area contributed by atoms with Crippen molar-refractivity contribution >= 4 is 51.9 Å². The van der Waals surface area contributed by atoms with Crippen molar-refractivity contribution in [1.82, 2.24) is 29.8 Å². The van der Waals surface area contributed by atoms with E-state index in [1.54, 1.807) is 17.0 Å². The summed E-state index contributed by atoms with van der Waals surface area (Å²) in [6, 6.07) is 13.6. The monoisotopic (exact) mass is 816 g/mol. The molecule has 60 heavy (non-hydrogen) atoms. The molecule has 5 aliphatic heterocycles. The second kappa shape index (κ2) is 14.5. The van der Waals surface area contributed by atoms with Gasteiger partial charge in [0.15, 0.2) is 11.6 Å². The molecule has 308 valence electrons. The van der Waals surface area contributed by atoms with Crippen molar-refractivity contribution < 1.29 is 37.3 Å². The molecule has 5 amide bonds. The zero-order valence-electron chi connectivity index (χ0n) is 33.1. The third-order valence-corrected chi connectivity index (χ3v) is 13.0. The molecule has 2 atom stereocenters. The zero-order valence-corrected chi connectivity index (χ0v) is 33.1. The third kappa shape index (κ3) is 6.09. The number of nitrogens with zero attached hydrogens (tertiary/aromatic N) is 7. The first kappa shape index (κ1) is 37.9. The van der Waals surface area contributed by atoms with Crippen LogP contribution in [0.4, 0.5) is 20.2 Å². The molecule has 1 unspecified atom stereocenters. The van der Waals surface area contributed by atoms with Crippen LogP contribution in [0.2, 0.25) is 0 Å². The van der Waals surface area contributed by atoms with E-state index >= 15 is 0 Å². The molecular formula is C44H42F2N8O6.